The summed E-state index contributed by atoms with van der Waals surface area (Å²) in [5, 5.41) is 18.5. The Balaban J connectivity index is 1.86. The Morgan fingerprint density at radius 2 is 2.25 bits per heavy atom. The van der Waals surface area contributed by atoms with Crippen molar-refractivity contribution in [2.45, 2.75) is 26.9 Å². The maximum absolute atomic E-state index is 9.38. The molecule has 6 nitrogen and oxygen atoms in total. The summed E-state index contributed by atoms with van der Waals surface area (Å²) < 4.78 is 8.29. The first-order valence-electron chi connectivity index (χ1n) is 7.81. The molecule has 0 aliphatic rings. The van der Waals surface area contributed by atoms with E-state index in [1.165, 1.54) is 5.56 Å². The Morgan fingerprint density at radius 3 is 3.00 bits per heavy atom. The van der Waals surface area contributed by atoms with Gasteiger partial charge < -0.3 is 14.8 Å². The number of aryl methyl sites for hydroxylation is 2. The third kappa shape index (κ3) is 2.46. The number of aromatic nitrogens is 3. The molecule has 4 heterocycles. The minimum atomic E-state index is 0.0457. The van der Waals surface area contributed by atoms with E-state index in [0.717, 1.165) is 37.7 Å². The van der Waals surface area contributed by atoms with E-state index in [2.05, 4.69) is 28.4 Å². The summed E-state index contributed by atoms with van der Waals surface area (Å²) in [7, 11) is 0. The monoisotopic (exact) mass is 342 g/mol. The van der Waals surface area contributed by atoms with Crippen molar-refractivity contribution in [1.82, 2.24) is 14.8 Å². The van der Waals surface area contributed by atoms with Crippen molar-refractivity contribution in [2.75, 3.05) is 11.9 Å². The molecular formula is C17H18N4O2S. The molecule has 0 atom stereocenters. The van der Waals surface area contributed by atoms with E-state index >= 15 is 0 Å². The number of anilines is 1. The second kappa shape index (κ2) is 5.92. The van der Waals surface area contributed by atoms with Crippen LogP contribution in [-0.4, -0.2) is 26.5 Å². The molecule has 0 spiro atoms. The number of thiophene rings is 1. The van der Waals surface area contributed by atoms with E-state index in [0.29, 0.717) is 13.1 Å². The highest BCUT2D eigenvalue weighted by Crippen LogP contribution is 2.39. The Labute approximate surface area is 142 Å². The maximum atomic E-state index is 9.38. The van der Waals surface area contributed by atoms with E-state index in [1.54, 1.807) is 17.6 Å². The first-order chi connectivity index (χ1) is 11.7. The fourth-order valence-electron chi connectivity index (χ4n) is 3.00. The summed E-state index contributed by atoms with van der Waals surface area (Å²) in [5.74, 6) is 1.65. The van der Waals surface area contributed by atoms with Gasteiger partial charge in [0.2, 0.25) is 0 Å². The van der Waals surface area contributed by atoms with E-state index in [9.17, 15) is 5.11 Å². The van der Waals surface area contributed by atoms with Crippen LogP contribution in [0.25, 0.3) is 20.4 Å². The summed E-state index contributed by atoms with van der Waals surface area (Å²) >= 11 is 1.63. The molecule has 2 N–H and O–H groups in total. The number of rotatable bonds is 5. The van der Waals surface area contributed by atoms with Crippen LogP contribution in [0.1, 0.15) is 17.0 Å². The molecule has 0 bridgehead atoms. The fraction of sp³-hybridized carbons (Fsp3) is 0.294. The number of nitrogens with one attached hydrogen (secondary N) is 1. The normalized spacial score (nSPS) is 11.6. The molecule has 24 heavy (non-hydrogen) atoms. The molecule has 0 amide bonds. The van der Waals surface area contributed by atoms with Crippen molar-refractivity contribution in [1.29, 1.82) is 0 Å². The first kappa shape index (κ1) is 15.2. The lowest BCUT2D eigenvalue weighted by atomic mass is 10.1. The van der Waals surface area contributed by atoms with Gasteiger partial charge in [0, 0.05) is 11.1 Å². The second-order valence-electron chi connectivity index (χ2n) is 5.77. The predicted molar refractivity (Wildman–Crippen MR) is 95.5 cm³/mol. The van der Waals surface area contributed by atoms with Crippen LogP contribution in [0.5, 0.6) is 0 Å². The Hall–Kier alpha value is -2.38. The van der Waals surface area contributed by atoms with Crippen molar-refractivity contribution in [3.05, 3.63) is 41.5 Å². The van der Waals surface area contributed by atoms with E-state index in [1.807, 2.05) is 23.7 Å². The van der Waals surface area contributed by atoms with Crippen LogP contribution < -0.4 is 5.32 Å². The molecule has 0 saturated heterocycles. The van der Waals surface area contributed by atoms with Crippen LogP contribution in [0.2, 0.25) is 0 Å². The summed E-state index contributed by atoms with van der Waals surface area (Å²) in [6.45, 7) is 5.17. The number of fused-ring (bicyclic) bond motifs is 3. The Kier molecular flexibility index (Phi) is 3.74. The highest BCUT2D eigenvalue weighted by Gasteiger charge is 2.19. The average Bonchev–Trinajstić information content (AvgIpc) is 3.22. The van der Waals surface area contributed by atoms with Gasteiger partial charge in [-0.25, -0.2) is 4.98 Å². The van der Waals surface area contributed by atoms with Gasteiger partial charge in [-0.15, -0.1) is 11.3 Å². The highest BCUT2D eigenvalue weighted by atomic mass is 32.1. The number of furan rings is 1. The van der Waals surface area contributed by atoms with Gasteiger partial charge in [0.05, 0.1) is 36.2 Å². The molecule has 4 aromatic heterocycles. The molecular weight excluding hydrogens is 324 g/mol. The SMILES string of the molecule is Cc1cc(C)c2c(n1)sc1c(NCc3ccco3)nn(CCO)c12. The largest absolute Gasteiger partial charge is 0.467 e. The van der Waals surface area contributed by atoms with Crippen LogP contribution in [0.3, 0.4) is 0 Å². The van der Waals surface area contributed by atoms with Crippen molar-refractivity contribution in [2.24, 2.45) is 0 Å². The quantitative estimate of drug-likeness (QED) is 0.581. The van der Waals surface area contributed by atoms with Crippen molar-refractivity contribution < 1.29 is 9.52 Å². The van der Waals surface area contributed by atoms with Gasteiger partial charge in [-0.2, -0.15) is 5.10 Å². The zero-order valence-electron chi connectivity index (χ0n) is 13.5. The van der Waals surface area contributed by atoms with Crippen LogP contribution in [0.15, 0.2) is 28.9 Å². The number of nitrogens with zero attached hydrogens (tertiary/aromatic N) is 3. The average molecular weight is 342 g/mol. The van der Waals surface area contributed by atoms with E-state index in [4.69, 9.17) is 4.42 Å². The van der Waals surface area contributed by atoms with Crippen LogP contribution in [0.4, 0.5) is 5.82 Å². The number of aliphatic hydroxyl groups excluding tert-OH is 1. The van der Waals surface area contributed by atoms with Gasteiger partial charge in [0.15, 0.2) is 5.82 Å². The summed E-state index contributed by atoms with van der Waals surface area (Å²) in [6, 6.07) is 5.88. The Morgan fingerprint density at radius 1 is 1.38 bits per heavy atom. The smallest absolute Gasteiger partial charge is 0.166 e. The van der Waals surface area contributed by atoms with Crippen molar-refractivity contribution >= 4 is 37.6 Å². The first-order valence-corrected chi connectivity index (χ1v) is 8.63. The molecule has 0 radical (unpaired) electrons. The third-order valence-corrected chi connectivity index (χ3v) is 5.06. The summed E-state index contributed by atoms with van der Waals surface area (Å²) in [6.07, 6.45) is 1.66. The third-order valence-electron chi connectivity index (χ3n) is 3.98. The molecule has 0 aromatic carbocycles. The minimum absolute atomic E-state index is 0.0457. The van der Waals surface area contributed by atoms with Crippen LogP contribution in [-0.2, 0) is 13.1 Å². The van der Waals surface area contributed by atoms with Gasteiger partial charge in [-0.05, 0) is 37.6 Å². The van der Waals surface area contributed by atoms with Crippen LogP contribution in [0, 0.1) is 13.8 Å². The second-order valence-corrected chi connectivity index (χ2v) is 6.77. The Bertz CT molecular complexity index is 1000. The van der Waals surface area contributed by atoms with Gasteiger partial charge in [0.1, 0.15) is 10.6 Å². The highest BCUT2D eigenvalue weighted by molar-refractivity contribution is 7.26. The van der Waals surface area contributed by atoms with Crippen molar-refractivity contribution in [3.63, 3.8) is 0 Å². The van der Waals surface area contributed by atoms with E-state index in [-0.39, 0.29) is 6.61 Å². The van der Waals surface area contributed by atoms with Gasteiger partial charge in [-0.3, -0.25) is 4.68 Å². The molecule has 4 rings (SSSR count). The van der Waals surface area contributed by atoms with Crippen LogP contribution >= 0.6 is 11.3 Å². The van der Waals surface area contributed by atoms with Gasteiger partial charge in [0.25, 0.3) is 0 Å². The fourth-order valence-corrected chi connectivity index (χ4v) is 4.26. The standard InChI is InChI=1S/C17H18N4O2S/c1-10-8-11(2)19-17-13(10)14-15(24-17)16(20-21(14)5-6-22)18-9-12-4-3-7-23-12/h3-4,7-8,22H,5-6,9H2,1-2H3,(H,18,20). The number of pyridine rings is 1. The molecule has 124 valence electrons. The molecule has 0 aliphatic carbocycles. The predicted octanol–water partition coefficient (Wildman–Crippen LogP) is 3.46. The number of hydrogen-bond donors (Lipinski definition) is 2. The van der Waals surface area contributed by atoms with Gasteiger partial charge >= 0.3 is 0 Å². The molecule has 0 aliphatic heterocycles. The molecule has 4 aromatic rings. The maximum Gasteiger partial charge on any atom is 0.166 e. The summed E-state index contributed by atoms with van der Waals surface area (Å²) in [5.41, 5.74) is 3.23. The van der Waals surface area contributed by atoms with E-state index < -0.39 is 0 Å². The molecule has 0 unspecified atom stereocenters. The number of hydrogen-bond acceptors (Lipinski definition) is 6. The molecule has 0 saturated carbocycles. The van der Waals surface area contributed by atoms with Crippen molar-refractivity contribution in [3.8, 4) is 0 Å². The zero-order valence-corrected chi connectivity index (χ0v) is 14.4. The molecule has 7 heteroatoms. The summed E-state index contributed by atoms with van der Waals surface area (Å²) in [4.78, 5) is 5.67. The lowest BCUT2D eigenvalue weighted by Gasteiger charge is -2.03. The lowest BCUT2D eigenvalue weighted by Crippen LogP contribution is -2.05. The molecule has 0 fully saturated rings. The minimum Gasteiger partial charge on any atom is -0.467 e. The lowest BCUT2D eigenvalue weighted by molar-refractivity contribution is 0.272. The topological polar surface area (TPSA) is 76.1 Å². The number of aliphatic hydroxyl groups is 1. The van der Waals surface area contributed by atoms with Gasteiger partial charge in [-0.1, -0.05) is 0 Å². The zero-order chi connectivity index (χ0) is 16.7.